The van der Waals surface area contributed by atoms with Gasteiger partial charge in [0.1, 0.15) is 6.04 Å². The van der Waals surface area contributed by atoms with E-state index in [0.717, 1.165) is 0 Å². The highest BCUT2D eigenvalue weighted by Crippen LogP contribution is 1.92. The molecule has 14 heavy (non-hydrogen) atoms. The van der Waals surface area contributed by atoms with Crippen molar-refractivity contribution in [1.82, 2.24) is 10.7 Å². The van der Waals surface area contributed by atoms with E-state index in [4.69, 9.17) is 16.1 Å². The molecular formula is C7H15N3O4. The molecule has 2 atom stereocenters. The number of hydrazine groups is 1. The summed E-state index contributed by atoms with van der Waals surface area (Å²) in [4.78, 5) is 22.5. The van der Waals surface area contributed by atoms with Crippen LogP contribution in [0.25, 0.3) is 0 Å². The number of Topliss-reactive ketones (excluding diaryl/α,β-unsaturated/α-hetero) is 2. The zero-order valence-electron chi connectivity index (χ0n) is 7.86. The fourth-order valence-electron chi connectivity index (χ4n) is 0.860. The van der Waals surface area contributed by atoms with Gasteiger partial charge in [0.25, 0.3) is 0 Å². The second kappa shape index (κ2) is 6.57. The standard InChI is InChI=1S/C7H15N3O4/c1-9-4(2-11)6(13)7(14)5(3-12)10-8/h4-5,9-12H,2-3,8H2,1H3/t4-,5-/m0/s1. The fraction of sp³-hybridized carbons (Fsp3) is 0.714. The Morgan fingerprint density at radius 1 is 1.21 bits per heavy atom. The third-order valence-electron chi connectivity index (χ3n) is 1.79. The lowest BCUT2D eigenvalue weighted by Crippen LogP contribution is -2.52. The summed E-state index contributed by atoms with van der Waals surface area (Å²) in [5.74, 6) is 3.27. The molecule has 7 nitrogen and oxygen atoms in total. The van der Waals surface area contributed by atoms with E-state index in [1.807, 2.05) is 5.43 Å². The molecule has 0 heterocycles. The van der Waals surface area contributed by atoms with Gasteiger partial charge in [0, 0.05) is 0 Å². The zero-order valence-corrected chi connectivity index (χ0v) is 7.86. The van der Waals surface area contributed by atoms with E-state index in [-0.39, 0.29) is 0 Å². The molecule has 0 bridgehead atoms. The van der Waals surface area contributed by atoms with E-state index in [2.05, 4.69) is 5.32 Å². The van der Waals surface area contributed by atoms with Crippen molar-refractivity contribution in [3.8, 4) is 0 Å². The third kappa shape index (κ3) is 3.13. The normalized spacial score (nSPS) is 14.9. The molecule has 0 aliphatic heterocycles. The monoisotopic (exact) mass is 205 g/mol. The SMILES string of the molecule is CN[C@@H](CO)C(=O)C(=O)[C@H](CO)NN. The van der Waals surface area contributed by atoms with Crippen molar-refractivity contribution >= 4 is 11.6 Å². The first-order valence-electron chi connectivity index (χ1n) is 4.05. The number of nitrogens with one attached hydrogen (secondary N) is 2. The number of carbonyl (C=O) groups excluding carboxylic acids is 2. The van der Waals surface area contributed by atoms with Crippen LogP contribution in [0.4, 0.5) is 0 Å². The maximum atomic E-state index is 11.3. The maximum Gasteiger partial charge on any atom is 0.220 e. The van der Waals surface area contributed by atoms with E-state index in [1.165, 1.54) is 7.05 Å². The molecule has 0 aliphatic carbocycles. The van der Waals surface area contributed by atoms with Gasteiger partial charge in [-0.3, -0.25) is 15.4 Å². The Hall–Kier alpha value is -0.860. The van der Waals surface area contributed by atoms with Crippen molar-refractivity contribution in [2.45, 2.75) is 12.1 Å². The molecule has 0 fully saturated rings. The molecule has 7 heteroatoms. The van der Waals surface area contributed by atoms with Gasteiger partial charge in [0.05, 0.1) is 19.3 Å². The highest BCUT2D eigenvalue weighted by Gasteiger charge is 2.28. The summed E-state index contributed by atoms with van der Waals surface area (Å²) in [5, 5.41) is 19.9. The number of hydrogen-bond donors (Lipinski definition) is 5. The van der Waals surface area contributed by atoms with Gasteiger partial charge < -0.3 is 15.5 Å². The van der Waals surface area contributed by atoms with Crippen LogP contribution in [-0.4, -0.2) is 54.1 Å². The molecule has 0 spiro atoms. The largest absolute Gasteiger partial charge is 0.394 e. The topological polar surface area (TPSA) is 125 Å². The van der Waals surface area contributed by atoms with E-state index in [0.29, 0.717) is 0 Å². The molecule has 0 saturated heterocycles. The summed E-state index contributed by atoms with van der Waals surface area (Å²) >= 11 is 0. The molecule has 0 radical (unpaired) electrons. The van der Waals surface area contributed by atoms with Crippen LogP contribution in [0.1, 0.15) is 0 Å². The summed E-state index contributed by atoms with van der Waals surface area (Å²) in [5.41, 5.74) is 2.01. The number of aliphatic hydroxyl groups excluding tert-OH is 2. The van der Waals surface area contributed by atoms with Crippen molar-refractivity contribution in [3.63, 3.8) is 0 Å². The van der Waals surface area contributed by atoms with Crippen LogP contribution in [-0.2, 0) is 9.59 Å². The lowest BCUT2D eigenvalue weighted by atomic mass is 10.0. The first kappa shape index (κ1) is 13.1. The van der Waals surface area contributed by atoms with Crippen LogP contribution in [0.2, 0.25) is 0 Å². The van der Waals surface area contributed by atoms with Gasteiger partial charge >= 0.3 is 0 Å². The summed E-state index contributed by atoms with van der Waals surface area (Å²) in [6.45, 7) is -1.05. The first-order valence-corrected chi connectivity index (χ1v) is 4.05. The van der Waals surface area contributed by atoms with Crippen molar-refractivity contribution in [1.29, 1.82) is 0 Å². The maximum absolute atomic E-state index is 11.3. The molecule has 6 N–H and O–H groups in total. The number of aliphatic hydroxyl groups is 2. The van der Waals surface area contributed by atoms with Crippen LogP contribution in [0.5, 0.6) is 0 Å². The van der Waals surface area contributed by atoms with E-state index in [9.17, 15) is 9.59 Å². The van der Waals surface area contributed by atoms with Gasteiger partial charge in [-0.1, -0.05) is 0 Å². The molecule has 0 aromatic rings. The van der Waals surface area contributed by atoms with Crippen LogP contribution in [0, 0.1) is 0 Å². The van der Waals surface area contributed by atoms with Gasteiger partial charge in [-0.25, -0.2) is 5.43 Å². The van der Waals surface area contributed by atoms with Gasteiger partial charge in [0.15, 0.2) is 0 Å². The minimum absolute atomic E-state index is 0.482. The summed E-state index contributed by atoms with van der Waals surface area (Å²) < 4.78 is 0. The predicted octanol–water partition coefficient (Wildman–Crippen LogP) is -3.47. The average molecular weight is 205 g/mol. The van der Waals surface area contributed by atoms with E-state index >= 15 is 0 Å². The molecular weight excluding hydrogens is 190 g/mol. The molecule has 0 aromatic carbocycles. The lowest BCUT2D eigenvalue weighted by molar-refractivity contribution is -0.140. The molecule has 0 amide bonds. The molecule has 0 saturated carbocycles. The number of carbonyl (C=O) groups is 2. The second-order valence-corrected chi connectivity index (χ2v) is 2.65. The molecule has 0 aliphatic rings. The minimum Gasteiger partial charge on any atom is -0.394 e. The van der Waals surface area contributed by atoms with Crippen LogP contribution in [0.15, 0.2) is 0 Å². The van der Waals surface area contributed by atoms with Crippen molar-refractivity contribution in [2.75, 3.05) is 20.3 Å². The third-order valence-corrected chi connectivity index (χ3v) is 1.79. The number of hydrogen-bond acceptors (Lipinski definition) is 7. The summed E-state index contributed by atoms with van der Waals surface area (Å²) in [6.07, 6.45) is 0. The van der Waals surface area contributed by atoms with Crippen LogP contribution in [0.3, 0.4) is 0 Å². The zero-order chi connectivity index (χ0) is 11.1. The number of ketones is 2. The van der Waals surface area contributed by atoms with Gasteiger partial charge in [-0.15, -0.1) is 0 Å². The molecule has 82 valence electrons. The Balaban J connectivity index is 4.43. The fourth-order valence-corrected chi connectivity index (χ4v) is 0.860. The predicted molar refractivity (Wildman–Crippen MR) is 48.1 cm³/mol. The Morgan fingerprint density at radius 2 is 1.64 bits per heavy atom. The number of rotatable bonds is 7. The van der Waals surface area contributed by atoms with Crippen LogP contribution >= 0.6 is 0 Å². The average Bonchev–Trinajstić information content (AvgIpc) is 2.21. The molecule has 0 rings (SSSR count). The van der Waals surface area contributed by atoms with Gasteiger partial charge in [-0.2, -0.15) is 0 Å². The Labute approximate surface area is 81.3 Å². The highest BCUT2D eigenvalue weighted by atomic mass is 16.3. The van der Waals surface area contributed by atoms with Gasteiger partial charge in [-0.05, 0) is 7.05 Å². The molecule has 0 unspecified atom stereocenters. The number of nitrogens with two attached hydrogens (primary N) is 1. The summed E-state index contributed by atoms with van der Waals surface area (Å²) in [7, 11) is 1.44. The molecule has 0 aromatic heterocycles. The van der Waals surface area contributed by atoms with E-state index < -0.39 is 36.9 Å². The van der Waals surface area contributed by atoms with E-state index in [1.54, 1.807) is 0 Å². The Kier molecular flexibility index (Phi) is 6.17. The quantitative estimate of drug-likeness (QED) is 0.166. The lowest BCUT2D eigenvalue weighted by Gasteiger charge is -2.15. The smallest absolute Gasteiger partial charge is 0.220 e. The second-order valence-electron chi connectivity index (χ2n) is 2.65. The van der Waals surface area contributed by atoms with Crippen molar-refractivity contribution in [2.24, 2.45) is 5.84 Å². The van der Waals surface area contributed by atoms with Crippen molar-refractivity contribution in [3.05, 3.63) is 0 Å². The number of likely N-dealkylation sites (N-methyl/N-ethyl adjacent to an activating group) is 1. The first-order chi connectivity index (χ1) is 6.62. The minimum atomic E-state index is -1.12. The van der Waals surface area contributed by atoms with Crippen molar-refractivity contribution < 1.29 is 19.8 Å². The summed E-state index contributed by atoms with van der Waals surface area (Å²) in [6, 6.07) is -2.07. The van der Waals surface area contributed by atoms with Crippen LogP contribution < -0.4 is 16.6 Å². The Morgan fingerprint density at radius 3 is 1.93 bits per heavy atom. The highest BCUT2D eigenvalue weighted by molar-refractivity contribution is 6.41. The Bertz CT molecular complexity index is 179. The van der Waals surface area contributed by atoms with Gasteiger partial charge in [0.2, 0.25) is 11.6 Å².